The van der Waals surface area contributed by atoms with Crippen LogP contribution >= 0.6 is 0 Å². The van der Waals surface area contributed by atoms with Crippen LogP contribution in [0.1, 0.15) is 19.3 Å². The van der Waals surface area contributed by atoms with Crippen LogP contribution in [0.25, 0.3) is 11.1 Å². The second-order valence-electron chi connectivity index (χ2n) is 5.05. The van der Waals surface area contributed by atoms with Crippen LogP contribution in [0, 0.1) is 5.82 Å². The van der Waals surface area contributed by atoms with E-state index >= 15 is 0 Å². The van der Waals surface area contributed by atoms with Gasteiger partial charge in [0.1, 0.15) is 5.82 Å². The lowest BCUT2D eigenvalue weighted by molar-refractivity contribution is -0.163. The largest absolute Gasteiger partial charge is 0.353 e. The zero-order valence-corrected chi connectivity index (χ0v) is 11.7. The smallest absolute Gasteiger partial charge is 0.157 e. The molecule has 1 atom stereocenters. The Morgan fingerprint density at radius 3 is 3.05 bits per heavy atom. The molecule has 21 heavy (non-hydrogen) atoms. The molecule has 0 aliphatic carbocycles. The summed E-state index contributed by atoms with van der Waals surface area (Å²) in [5.41, 5.74) is 1.56. The van der Waals surface area contributed by atoms with Gasteiger partial charge in [-0.15, -0.1) is 0 Å². The summed E-state index contributed by atoms with van der Waals surface area (Å²) in [7, 11) is 0. The van der Waals surface area contributed by atoms with E-state index < -0.39 is 0 Å². The third-order valence-corrected chi connectivity index (χ3v) is 3.43. The third-order valence-electron chi connectivity index (χ3n) is 3.43. The number of nitrogens with zero attached hydrogens (tertiary/aromatic N) is 3. The Bertz CT molecular complexity index is 582. The highest BCUT2D eigenvalue weighted by atomic mass is 19.1. The van der Waals surface area contributed by atoms with Crippen molar-refractivity contribution in [2.45, 2.75) is 32.1 Å². The van der Waals surface area contributed by atoms with Gasteiger partial charge in [-0.1, -0.05) is 0 Å². The van der Waals surface area contributed by atoms with Crippen LogP contribution in [0.4, 0.5) is 4.39 Å². The molecule has 0 saturated carbocycles. The fraction of sp³-hybridized carbons (Fsp3) is 0.467. The second-order valence-corrected chi connectivity index (χ2v) is 5.05. The SMILES string of the molecule is Fc1cncc(-c2cnn(CCOC3CCCCO3)c2)c1. The maximum atomic E-state index is 13.1. The first-order valence-corrected chi connectivity index (χ1v) is 7.18. The van der Waals surface area contributed by atoms with Crippen LogP contribution in [0.5, 0.6) is 0 Å². The number of rotatable bonds is 5. The zero-order valence-electron chi connectivity index (χ0n) is 11.7. The summed E-state index contributed by atoms with van der Waals surface area (Å²) in [5.74, 6) is -0.349. The number of pyridine rings is 1. The molecule has 0 N–H and O–H groups in total. The van der Waals surface area contributed by atoms with E-state index in [1.165, 1.54) is 12.3 Å². The molecule has 0 aromatic carbocycles. The fourth-order valence-electron chi connectivity index (χ4n) is 2.32. The van der Waals surface area contributed by atoms with Gasteiger partial charge in [0.15, 0.2) is 6.29 Å². The van der Waals surface area contributed by atoms with Gasteiger partial charge < -0.3 is 9.47 Å². The minimum atomic E-state index is -0.349. The maximum Gasteiger partial charge on any atom is 0.157 e. The van der Waals surface area contributed by atoms with Gasteiger partial charge in [-0.05, 0) is 25.3 Å². The van der Waals surface area contributed by atoms with Crippen molar-refractivity contribution in [1.82, 2.24) is 14.8 Å². The van der Waals surface area contributed by atoms with Crippen LogP contribution in [0.3, 0.4) is 0 Å². The van der Waals surface area contributed by atoms with Gasteiger partial charge >= 0.3 is 0 Å². The molecule has 1 aliphatic rings. The Balaban J connectivity index is 1.53. The maximum absolute atomic E-state index is 13.1. The zero-order chi connectivity index (χ0) is 14.5. The van der Waals surface area contributed by atoms with Gasteiger partial charge in [0.05, 0.1) is 25.5 Å². The standard InChI is InChI=1S/C15H18FN3O2/c16-14-7-12(8-17-10-14)13-9-18-19(11-13)4-6-21-15-3-1-2-5-20-15/h7-11,15H,1-6H2. The van der Waals surface area contributed by atoms with Crippen molar-refractivity contribution >= 4 is 0 Å². The topological polar surface area (TPSA) is 49.2 Å². The molecule has 1 saturated heterocycles. The van der Waals surface area contributed by atoms with Crippen LogP contribution in [0.2, 0.25) is 0 Å². The summed E-state index contributed by atoms with van der Waals surface area (Å²) in [6.07, 6.45) is 9.52. The quantitative estimate of drug-likeness (QED) is 0.849. The first-order valence-electron chi connectivity index (χ1n) is 7.18. The molecule has 6 heteroatoms. The van der Waals surface area contributed by atoms with E-state index in [0.29, 0.717) is 13.2 Å². The molecular weight excluding hydrogens is 273 g/mol. The molecule has 0 bridgehead atoms. The van der Waals surface area contributed by atoms with Crippen LogP contribution in [-0.4, -0.2) is 34.3 Å². The first-order chi connectivity index (χ1) is 10.3. The third kappa shape index (κ3) is 3.86. The molecule has 2 aromatic rings. The van der Waals surface area contributed by atoms with Gasteiger partial charge in [0, 0.05) is 30.1 Å². The molecule has 0 spiro atoms. The average molecular weight is 291 g/mol. The molecule has 3 heterocycles. The predicted octanol–water partition coefficient (Wildman–Crippen LogP) is 2.63. The Morgan fingerprint density at radius 2 is 2.24 bits per heavy atom. The van der Waals surface area contributed by atoms with Gasteiger partial charge in [-0.25, -0.2) is 4.39 Å². The van der Waals surface area contributed by atoms with Crippen molar-refractivity contribution < 1.29 is 13.9 Å². The molecule has 112 valence electrons. The summed E-state index contributed by atoms with van der Waals surface area (Å²) in [6.45, 7) is 1.97. The van der Waals surface area contributed by atoms with Crippen LogP contribution < -0.4 is 0 Å². The van der Waals surface area contributed by atoms with Gasteiger partial charge in [-0.2, -0.15) is 5.10 Å². The highest BCUT2D eigenvalue weighted by molar-refractivity contribution is 5.60. The molecular formula is C15H18FN3O2. The minimum absolute atomic E-state index is 0.0822. The summed E-state index contributed by atoms with van der Waals surface area (Å²) < 4.78 is 26.1. The Kier molecular flexibility index (Phi) is 4.57. The van der Waals surface area contributed by atoms with Crippen LogP contribution in [0.15, 0.2) is 30.9 Å². The van der Waals surface area contributed by atoms with Crippen molar-refractivity contribution in [3.63, 3.8) is 0 Å². The number of halogens is 1. The Morgan fingerprint density at radius 1 is 1.29 bits per heavy atom. The lowest BCUT2D eigenvalue weighted by Crippen LogP contribution is -2.24. The molecule has 3 rings (SSSR count). The van der Waals surface area contributed by atoms with E-state index in [4.69, 9.17) is 9.47 Å². The van der Waals surface area contributed by atoms with E-state index in [0.717, 1.165) is 37.0 Å². The van der Waals surface area contributed by atoms with E-state index in [2.05, 4.69) is 10.1 Å². The number of ether oxygens (including phenoxy) is 2. The Labute approximate surface area is 122 Å². The summed E-state index contributed by atoms with van der Waals surface area (Å²) in [6, 6.07) is 1.45. The van der Waals surface area contributed by atoms with Crippen molar-refractivity contribution in [3.8, 4) is 11.1 Å². The highest BCUT2D eigenvalue weighted by Gasteiger charge is 2.13. The summed E-state index contributed by atoms with van der Waals surface area (Å²) in [4.78, 5) is 3.84. The normalized spacial score (nSPS) is 18.8. The molecule has 0 radical (unpaired) electrons. The van der Waals surface area contributed by atoms with Gasteiger partial charge in [0.2, 0.25) is 0 Å². The van der Waals surface area contributed by atoms with Gasteiger partial charge in [0.25, 0.3) is 0 Å². The van der Waals surface area contributed by atoms with Crippen LogP contribution in [-0.2, 0) is 16.0 Å². The number of hydrogen-bond acceptors (Lipinski definition) is 4. The molecule has 1 unspecified atom stereocenters. The van der Waals surface area contributed by atoms with Crippen molar-refractivity contribution in [2.24, 2.45) is 0 Å². The second kappa shape index (κ2) is 6.78. The minimum Gasteiger partial charge on any atom is -0.353 e. The average Bonchev–Trinajstić information content (AvgIpc) is 2.97. The number of aromatic nitrogens is 3. The lowest BCUT2D eigenvalue weighted by atomic mass is 10.2. The van der Waals surface area contributed by atoms with E-state index in [-0.39, 0.29) is 12.1 Å². The van der Waals surface area contributed by atoms with Gasteiger partial charge in [-0.3, -0.25) is 9.67 Å². The molecule has 5 nitrogen and oxygen atoms in total. The summed E-state index contributed by atoms with van der Waals surface area (Å²) >= 11 is 0. The van der Waals surface area contributed by atoms with E-state index in [1.54, 1.807) is 17.1 Å². The Hall–Kier alpha value is -1.79. The van der Waals surface area contributed by atoms with E-state index in [1.807, 2.05) is 6.20 Å². The molecule has 2 aromatic heterocycles. The summed E-state index contributed by atoms with van der Waals surface area (Å²) in [5, 5.41) is 4.25. The van der Waals surface area contributed by atoms with Crippen molar-refractivity contribution in [2.75, 3.05) is 13.2 Å². The highest BCUT2D eigenvalue weighted by Crippen LogP contribution is 2.18. The molecule has 0 amide bonds. The lowest BCUT2D eigenvalue weighted by Gasteiger charge is -2.22. The van der Waals surface area contributed by atoms with Crippen molar-refractivity contribution in [3.05, 3.63) is 36.7 Å². The molecule has 1 aliphatic heterocycles. The fourth-order valence-corrected chi connectivity index (χ4v) is 2.32. The first kappa shape index (κ1) is 14.2. The number of hydrogen-bond donors (Lipinski definition) is 0. The van der Waals surface area contributed by atoms with Crippen molar-refractivity contribution in [1.29, 1.82) is 0 Å². The van der Waals surface area contributed by atoms with E-state index in [9.17, 15) is 4.39 Å². The molecule has 1 fully saturated rings. The predicted molar refractivity (Wildman–Crippen MR) is 75.0 cm³/mol. The monoisotopic (exact) mass is 291 g/mol.